The number of nitrogens with two attached hydrogens (primary N) is 1. The second kappa shape index (κ2) is 7.23. The summed E-state index contributed by atoms with van der Waals surface area (Å²) in [6.45, 7) is 5.62. The predicted octanol–water partition coefficient (Wildman–Crippen LogP) is 3.42. The van der Waals surface area contributed by atoms with E-state index in [0.717, 1.165) is 31.4 Å². The molecule has 0 spiro atoms. The van der Waals surface area contributed by atoms with Crippen LogP contribution in [0, 0.1) is 0 Å². The van der Waals surface area contributed by atoms with E-state index in [1.54, 1.807) is 0 Å². The molecule has 1 aliphatic rings. The van der Waals surface area contributed by atoms with Gasteiger partial charge in [0.15, 0.2) is 0 Å². The molecule has 0 aliphatic heterocycles. The summed E-state index contributed by atoms with van der Waals surface area (Å²) in [5.74, 6) is 0. The van der Waals surface area contributed by atoms with Gasteiger partial charge in [-0.3, -0.25) is 4.68 Å². The van der Waals surface area contributed by atoms with Crippen LogP contribution in [0.3, 0.4) is 0 Å². The first-order valence-electron chi connectivity index (χ1n) is 8.11. The summed E-state index contributed by atoms with van der Waals surface area (Å²) in [6, 6.07) is 2.58. The Labute approximate surface area is 122 Å². The van der Waals surface area contributed by atoms with Gasteiger partial charge in [-0.25, -0.2) is 0 Å². The molecule has 0 bridgehead atoms. The maximum atomic E-state index is 6.17. The lowest BCUT2D eigenvalue weighted by atomic mass is 9.85. The lowest BCUT2D eigenvalue weighted by molar-refractivity contribution is -0.0746. The molecule has 1 fully saturated rings. The van der Waals surface area contributed by atoms with Crippen molar-refractivity contribution in [3.8, 4) is 0 Å². The lowest BCUT2D eigenvalue weighted by Gasteiger charge is -2.36. The van der Waals surface area contributed by atoms with Gasteiger partial charge in [0.1, 0.15) is 0 Å². The Hall–Kier alpha value is -0.870. The fraction of sp³-hybridized carbons (Fsp3) is 0.812. The summed E-state index contributed by atoms with van der Waals surface area (Å²) >= 11 is 0. The molecule has 0 saturated heterocycles. The van der Waals surface area contributed by atoms with Crippen LogP contribution in [-0.4, -0.2) is 21.9 Å². The van der Waals surface area contributed by atoms with Crippen molar-refractivity contribution in [2.24, 2.45) is 5.73 Å². The first-order chi connectivity index (χ1) is 9.73. The number of hydrogen-bond donors (Lipinski definition) is 1. The first-order valence-corrected chi connectivity index (χ1v) is 8.11. The van der Waals surface area contributed by atoms with Crippen LogP contribution < -0.4 is 5.73 Å². The topological polar surface area (TPSA) is 53.1 Å². The molecule has 4 heteroatoms. The van der Waals surface area contributed by atoms with Gasteiger partial charge in [-0.2, -0.15) is 5.10 Å². The van der Waals surface area contributed by atoms with Crippen molar-refractivity contribution in [1.29, 1.82) is 0 Å². The monoisotopic (exact) mass is 279 g/mol. The van der Waals surface area contributed by atoms with Crippen LogP contribution in [0.2, 0.25) is 0 Å². The summed E-state index contributed by atoms with van der Waals surface area (Å²) in [5, 5.41) is 4.65. The molecule has 4 nitrogen and oxygen atoms in total. The minimum Gasteiger partial charge on any atom is -0.367 e. The van der Waals surface area contributed by atoms with Gasteiger partial charge in [0.25, 0.3) is 0 Å². The normalized spacial score (nSPS) is 18.6. The van der Waals surface area contributed by atoms with Crippen LogP contribution in [0.25, 0.3) is 0 Å². The summed E-state index contributed by atoms with van der Waals surface area (Å²) in [7, 11) is 0. The van der Waals surface area contributed by atoms with Gasteiger partial charge < -0.3 is 10.5 Å². The molecule has 1 aromatic rings. The van der Waals surface area contributed by atoms with E-state index < -0.39 is 0 Å². The average Bonchev–Trinajstić information content (AvgIpc) is 2.96. The standard InChI is InChI=1S/C16H29N3O/c1-3-15(4-2)19-11-8-14(18-19)12-20-16(13-17)9-6-5-7-10-16/h8,11,15H,3-7,9-10,12-13,17H2,1-2H3. The van der Waals surface area contributed by atoms with Crippen molar-refractivity contribution >= 4 is 0 Å². The first kappa shape index (κ1) is 15.5. The van der Waals surface area contributed by atoms with E-state index in [0.29, 0.717) is 19.2 Å². The fourth-order valence-electron chi connectivity index (χ4n) is 3.15. The summed E-state index contributed by atoms with van der Waals surface area (Å²) in [4.78, 5) is 0. The van der Waals surface area contributed by atoms with Crippen LogP contribution in [0.15, 0.2) is 12.3 Å². The predicted molar refractivity (Wildman–Crippen MR) is 81.5 cm³/mol. The largest absolute Gasteiger partial charge is 0.367 e. The Morgan fingerprint density at radius 1 is 1.30 bits per heavy atom. The van der Waals surface area contributed by atoms with Crippen LogP contribution in [-0.2, 0) is 11.3 Å². The second-order valence-corrected chi connectivity index (χ2v) is 5.99. The third kappa shape index (κ3) is 3.61. The molecule has 2 N–H and O–H groups in total. The van der Waals surface area contributed by atoms with Gasteiger partial charge in [-0.15, -0.1) is 0 Å². The second-order valence-electron chi connectivity index (χ2n) is 5.99. The molecule has 0 aromatic carbocycles. The zero-order valence-corrected chi connectivity index (χ0v) is 13.0. The van der Waals surface area contributed by atoms with E-state index in [1.807, 2.05) is 0 Å². The zero-order valence-electron chi connectivity index (χ0n) is 13.0. The van der Waals surface area contributed by atoms with Crippen molar-refractivity contribution in [3.05, 3.63) is 18.0 Å². The van der Waals surface area contributed by atoms with Gasteiger partial charge >= 0.3 is 0 Å². The van der Waals surface area contributed by atoms with Gasteiger partial charge in [0, 0.05) is 12.7 Å². The number of hydrogen-bond acceptors (Lipinski definition) is 3. The van der Waals surface area contributed by atoms with Crippen LogP contribution in [0.4, 0.5) is 0 Å². The minimum atomic E-state index is -0.100. The summed E-state index contributed by atoms with van der Waals surface area (Å²) in [5.41, 5.74) is 6.87. The minimum absolute atomic E-state index is 0.100. The Balaban J connectivity index is 1.93. The molecule has 114 valence electrons. The average molecular weight is 279 g/mol. The van der Waals surface area contributed by atoms with E-state index in [2.05, 4.69) is 35.9 Å². The van der Waals surface area contributed by atoms with E-state index in [4.69, 9.17) is 10.5 Å². The van der Waals surface area contributed by atoms with Crippen molar-refractivity contribution in [3.63, 3.8) is 0 Å². The van der Waals surface area contributed by atoms with Gasteiger partial charge in [0.2, 0.25) is 0 Å². The summed E-state index contributed by atoms with van der Waals surface area (Å²) < 4.78 is 8.24. The lowest BCUT2D eigenvalue weighted by Crippen LogP contribution is -2.42. The molecule has 1 aliphatic carbocycles. The molecule has 0 radical (unpaired) electrons. The number of nitrogens with zero attached hydrogens (tertiary/aromatic N) is 2. The Morgan fingerprint density at radius 3 is 2.60 bits per heavy atom. The fourth-order valence-corrected chi connectivity index (χ4v) is 3.15. The van der Waals surface area contributed by atoms with Crippen molar-refractivity contribution in [1.82, 2.24) is 9.78 Å². The molecule has 1 heterocycles. The highest BCUT2D eigenvalue weighted by atomic mass is 16.5. The highest BCUT2D eigenvalue weighted by molar-refractivity contribution is 4.99. The highest BCUT2D eigenvalue weighted by Crippen LogP contribution is 2.31. The van der Waals surface area contributed by atoms with E-state index >= 15 is 0 Å². The van der Waals surface area contributed by atoms with E-state index in [9.17, 15) is 0 Å². The van der Waals surface area contributed by atoms with E-state index in [-0.39, 0.29) is 5.60 Å². The Morgan fingerprint density at radius 2 is 2.00 bits per heavy atom. The van der Waals surface area contributed by atoms with Crippen LogP contribution >= 0.6 is 0 Å². The SMILES string of the molecule is CCC(CC)n1ccc(COC2(CN)CCCCC2)n1. The molecular weight excluding hydrogens is 250 g/mol. The number of aromatic nitrogens is 2. The highest BCUT2D eigenvalue weighted by Gasteiger charge is 2.31. The Bertz CT molecular complexity index is 392. The molecule has 0 atom stereocenters. The summed E-state index contributed by atoms with van der Waals surface area (Å²) in [6.07, 6.45) is 10.3. The molecule has 0 amide bonds. The third-order valence-corrected chi connectivity index (χ3v) is 4.64. The Kier molecular flexibility index (Phi) is 5.61. The molecule has 20 heavy (non-hydrogen) atoms. The van der Waals surface area contributed by atoms with Crippen LogP contribution in [0.1, 0.15) is 70.5 Å². The molecule has 1 saturated carbocycles. The zero-order chi connectivity index (χ0) is 14.4. The van der Waals surface area contributed by atoms with Crippen LogP contribution in [0.5, 0.6) is 0 Å². The van der Waals surface area contributed by atoms with Crippen molar-refractivity contribution < 1.29 is 4.74 Å². The van der Waals surface area contributed by atoms with Crippen molar-refractivity contribution in [2.75, 3.05) is 6.54 Å². The maximum Gasteiger partial charge on any atom is 0.0914 e. The maximum absolute atomic E-state index is 6.17. The molecule has 0 unspecified atom stereocenters. The molecular formula is C16H29N3O. The van der Waals surface area contributed by atoms with Gasteiger partial charge in [-0.05, 0) is 31.7 Å². The third-order valence-electron chi connectivity index (χ3n) is 4.64. The smallest absolute Gasteiger partial charge is 0.0914 e. The molecule has 2 rings (SSSR count). The van der Waals surface area contributed by atoms with Crippen molar-refractivity contribution in [2.45, 2.75) is 77.0 Å². The number of ether oxygens (including phenoxy) is 1. The molecule has 1 aromatic heterocycles. The van der Waals surface area contributed by atoms with Gasteiger partial charge in [-0.1, -0.05) is 33.1 Å². The van der Waals surface area contributed by atoms with Gasteiger partial charge in [0.05, 0.1) is 23.9 Å². The van der Waals surface area contributed by atoms with E-state index in [1.165, 1.54) is 19.3 Å². The quantitative estimate of drug-likeness (QED) is 0.832. The number of rotatable bonds is 7.